The van der Waals surface area contributed by atoms with E-state index in [-0.39, 0.29) is 5.91 Å². The zero-order chi connectivity index (χ0) is 17.1. The smallest absolute Gasteiger partial charge is 0.259 e. The molecule has 1 aromatic carbocycles. The van der Waals surface area contributed by atoms with Crippen molar-refractivity contribution in [2.45, 2.75) is 12.5 Å². The van der Waals surface area contributed by atoms with Gasteiger partial charge in [-0.2, -0.15) is 0 Å². The molecule has 1 atom stereocenters. The van der Waals surface area contributed by atoms with Crippen molar-refractivity contribution in [1.29, 1.82) is 0 Å². The molecular formula is C16H13N7O2. The third kappa shape index (κ3) is 3.07. The third-order valence-corrected chi connectivity index (χ3v) is 3.75. The molecule has 0 saturated carbocycles. The first-order valence-corrected chi connectivity index (χ1v) is 7.59. The lowest BCUT2D eigenvalue weighted by molar-refractivity contribution is -0.119. The lowest BCUT2D eigenvalue weighted by Crippen LogP contribution is -2.28. The predicted molar refractivity (Wildman–Crippen MR) is 87.4 cm³/mol. The largest absolute Gasteiger partial charge is 0.334 e. The number of nitrogens with zero attached hydrogens (tertiary/aromatic N) is 6. The van der Waals surface area contributed by atoms with E-state index in [9.17, 15) is 4.79 Å². The Morgan fingerprint density at radius 3 is 2.88 bits per heavy atom. The van der Waals surface area contributed by atoms with Gasteiger partial charge in [-0.25, -0.2) is 9.67 Å². The average molecular weight is 335 g/mol. The van der Waals surface area contributed by atoms with E-state index in [1.807, 2.05) is 30.3 Å². The van der Waals surface area contributed by atoms with Gasteiger partial charge in [-0.3, -0.25) is 4.79 Å². The van der Waals surface area contributed by atoms with E-state index in [2.05, 4.69) is 31.0 Å². The van der Waals surface area contributed by atoms with E-state index in [4.69, 9.17) is 4.52 Å². The maximum atomic E-state index is 12.8. The van der Waals surface area contributed by atoms with Crippen LogP contribution in [0.1, 0.15) is 11.6 Å². The maximum Gasteiger partial charge on any atom is 0.259 e. The van der Waals surface area contributed by atoms with E-state index in [0.29, 0.717) is 23.3 Å². The first-order valence-electron chi connectivity index (χ1n) is 7.59. The summed E-state index contributed by atoms with van der Waals surface area (Å²) in [4.78, 5) is 16.9. The van der Waals surface area contributed by atoms with Crippen LogP contribution in [0.2, 0.25) is 0 Å². The summed E-state index contributed by atoms with van der Waals surface area (Å²) in [7, 11) is 0. The molecule has 0 spiro atoms. The Morgan fingerprint density at radius 2 is 2.08 bits per heavy atom. The fourth-order valence-electron chi connectivity index (χ4n) is 2.53. The van der Waals surface area contributed by atoms with Gasteiger partial charge in [0.25, 0.3) is 11.6 Å². The van der Waals surface area contributed by atoms with E-state index >= 15 is 0 Å². The number of carbonyl (C=O) groups is 1. The molecule has 0 saturated heterocycles. The van der Waals surface area contributed by atoms with Crippen LogP contribution >= 0.6 is 0 Å². The van der Waals surface area contributed by atoms with E-state index in [1.165, 1.54) is 11.0 Å². The number of fused-ring (bicyclic) bond motifs is 1. The minimum atomic E-state index is -0.624. The lowest BCUT2D eigenvalue weighted by Gasteiger charge is -2.15. The number of rotatable bonds is 5. The van der Waals surface area contributed by atoms with Gasteiger partial charge in [0.1, 0.15) is 12.4 Å². The summed E-state index contributed by atoms with van der Waals surface area (Å²) in [6, 6.07) is 12.5. The minimum Gasteiger partial charge on any atom is -0.334 e. The Bertz CT molecular complexity index is 982. The van der Waals surface area contributed by atoms with Gasteiger partial charge < -0.3 is 9.84 Å². The van der Waals surface area contributed by atoms with Crippen molar-refractivity contribution in [1.82, 2.24) is 30.3 Å². The Balaban J connectivity index is 1.61. The number of hydrogen-bond acceptors (Lipinski definition) is 7. The highest BCUT2D eigenvalue weighted by Crippen LogP contribution is 2.22. The van der Waals surface area contributed by atoms with E-state index in [1.54, 1.807) is 18.3 Å². The van der Waals surface area contributed by atoms with Gasteiger partial charge >= 0.3 is 0 Å². The molecule has 1 unspecified atom stereocenters. The van der Waals surface area contributed by atoms with Crippen LogP contribution in [-0.4, -0.2) is 36.3 Å². The fourth-order valence-corrected chi connectivity index (χ4v) is 2.53. The Hall–Kier alpha value is -3.62. The highest BCUT2D eigenvalue weighted by molar-refractivity contribution is 5.99. The number of hydrogen-bond donors (Lipinski definition) is 1. The van der Waals surface area contributed by atoms with Crippen molar-refractivity contribution in [3.63, 3.8) is 0 Å². The average Bonchev–Trinajstić information content (AvgIpc) is 3.31. The first-order chi connectivity index (χ1) is 12.3. The summed E-state index contributed by atoms with van der Waals surface area (Å²) < 4.78 is 6.54. The molecule has 1 amide bonds. The highest BCUT2D eigenvalue weighted by Gasteiger charge is 2.24. The number of pyridine rings is 1. The lowest BCUT2D eigenvalue weighted by atomic mass is 10.1. The molecule has 0 aliphatic rings. The molecule has 0 bridgehead atoms. The molecule has 4 aromatic rings. The van der Waals surface area contributed by atoms with Crippen LogP contribution in [0.5, 0.6) is 0 Å². The molecule has 3 aromatic heterocycles. The first kappa shape index (κ1) is 14.9. The molecule has 0 aliphatic heterocycles. The summed E-state index contributed by atoms with van der Waals surface area (Å²) in [5, 5.41) is 18.4. The van der Waals surface area contributed by atoms with Crippen molar-refractivity contribution in [2.24, 2.45) is 0 Å². The van der Waals surface area contributed by atoms with Crippen LogP contribution in [0.25, 0.3) is 11.1 Å². The number of carbonyl (C=O) groups excluding carboxylic acids is 1. The van der Waals surface area contributed by atoms with Crippen LogP contribution in [0.4, 0.5) is 5.82 Å². The number of amides is 1. The van der Waals surface area contributed by atoms with Gasteiger partial charge in [-0.1, -0.05) is 35.5 Å². The summed E-state index contributed by atoms with van der Waals surface area (Å²) in [6.45, 7) is 0. The second-order valence-electron chi connectivity index (χ2n) is 5.37. The predicted octanol–water partition coefficient (Wildman–Crippen LogP) is 1.63. The molecule has 0 aliphatic carbocycles. The summed E-state index contributed by atoms with van der Waals surface area (Å²) in [5.41, 5.74) is 1.35. The minimum absolute atomic E-state index is 0.296. The molecule has 9 nitrogen and oxygen atoms in total. The second kappa shape index (κ2) is 6.48. The SMILES string of the molecule is O=C(Nc1noc2ncccc12)C(Cc1ccccc1)n1cnnn1. The third-order valence-electron chi connectivity index (χ3n) is 3.75. The molecular weight excluding hydrogens is 322 g/mol. The van der Waals surface area contributed by atoms with Crippen LogP contribution < -0.4 is 5.32 Å². The maximum absolute atomic E-state index is 12.8. The van der Waals surface area contributed by atoms with Crippen LogP contribution in [0.15, 0.2) is 59.5 Å². The number of aromatic nitrogens is 6. The topological polar surface area (TPSA) is 112 Å². The van der Waals surface area contributed by atoms with Crippen molar-refractivity contribution in [3.8, 4) is 0 Å². The highest BCUT2D eigenvalue weighted by atomic mass is 16.5. The summed E-state index contributed by atoms with van der Waals surface area (Å²) >= 11 is 0. The zero-order valence-corrected chi connectivity index (χ0v) is 13.0. The molecule has 9 heteroatoms. The van der Waals surface area contributed by atoms with Gasteiger partial charge in [-0.15, -0.1) is 5.10 Å². The number of nitrogens with one attached hydrogen (secondary N) is 1. The van der Waals surface area contributed by atoms with E-state index < -0.39 is 6.04 Å². The standard InChI is InChI=1S/C16H13N7O2/c24-15(19-14-12-7-4-8-17-16(12)25-20-14)13(23-10-18-21-22-23)9-11-5-2-1-3-6-11/h1-8,10,13H,9H2,(H,19,20,24). The van der Waals surface area contributed by atoms with Gasteiger partial charge in [-0.05, 0) is 28.1 Å². The molecule has 3 heterocycles. The normalized spacial score (nSPS) is 12.2. The van der Waals surface area contributed by atoms with Gasteiger partial charge in [0, 0.05) is 12.6 Å². The van der Waals surface area contributed by atoms with Crippen molar-refractivity contribution >= 4 is 22.8 Å². The van der Waals surface area contributed by atoms with Crippen molar-refractivity contribution < 1.29 is 9.32 Å². The monoisotopic (exact) mass is 335 g/mol. The number of anilines is 1. The zero-order valence-electron chi connectivity index (χ0n) is 13.0. The van der Waals surface area contributed by atoms with Gasteiger partial charge in [0.2, 0.25) is 0 Å². The molecule has 0 radical (unpaired) electrons. The molecule has 124 valence electrons. The Morgan fingerprint density at radius 1 is 1.20 bits per heavy atom. The van der Waals surface area contributed by atoms with Crippen molar-refractivity contribution in [3.05, 3.63) is 60.6 Å². The summed E-state index contributed by atoms with van der Waals surface area (Å²) in [5.74, 6) is 0.0226. The number of tetrazole rings is 1. The van der Waals surface area contributed by atoms with Crippen LogP contribution in [0, 0.1) is 0 Å². The van der Waals surface area contributed by atoms with Gasteiger partial charge in [0.15, 0.2) is 5.82 Å². The van der Waals surface area contributed by atoms with Gasteiger partial charge in [0.05, 0.1) is 5.39 Å². The number of benzene rings is 1. The van der Waals surface area contributed by atoms with E-state index in [0.717, 1.165) is 5.56 Å². The second-order valence-corrected chi connectivity index (χ2v) is 5.37. The Kier molecular flexibility index (Phi) is 3.87. The molecule has 0 fully saturated rings. The van der Waals surface area contributed by atoms with Crippen molar-refractivity contribution in [2.75, 3.05) is 5.32 Å². The van der Waals surface area contributed by atoms with Crippen LogP contribution in [0.3, 0.4) is 0 Å². The molecule has 25 heavy (non-hydrogen) atoms. The Labute approximate surface area is 141 Å². The fraction of sp³-hybridized carbons (Fsp3) is 0.125. The molecule has 1 N–H and O–H groups in total. The summed E-state index contributed by atoms with van der Waals surface area (Å²) in [6.07, 6.45) is 3.44. The quantitative estimate of drug-likeness (QED) is 0.590. The molecule has 4 rings (SSSR count). The van der Waals surface area contributed by atoms with Crippen LogP contribution in [-0.2, 0) is 11.2 Å².